The van der Waals surface area contributed by atoms with Crippen molar-refractivity contribution in [3.05, 3.63) is 60.2 Å². The lowest BCUT2D eigenvalue weighted by molar-refractivity contribution is -0.126. The second-order valence-electron chi connectivity index (χ2n) is 6.09. The lowest BCUT2D eigenvalue weighted by atomic mass is 10.1. The second kappa shape index (κ2) is 6.39. The minimum Gasteiger partial charge on any atom is -0.356 e. The van der Waals surface area contributed by atoms with Crippen LogP contribution in [0, 0.1) is 0 Å². The third-order valence-electron chi connectivity index (χ3n) is 4.40. The molecule has 1 aliphatic heterocycles. The quantitative estimate of drug-likeness (QED) is 0.751. The summed E-state index contributed by atoms with van der Waals surface area (Å²) in [4.78, 5) is 28.9. The third kappa shape index (κ3) is 2.98. The van der Waals surface area contributed by atoms with Gasteiger partial charge in [0.05, 0.1) is 17.5 Å². The van der Waals surface area contributed by atoms with Gasteiger partial charge in [-0.2, -0.15) is 0 Å². The maximum Gasteiger partial charge on any atom is 0.250 e. The minimum atomic E-state index is -0.556. The first kappa shape index (κ1) is 15.4. The number of hydrogen-bond acceptors (Lipinski definition) is 3. The van der Waals surface area contributed by atoms with Gasteiger partial charge in [-0.25, -0.2) is 4.98 Å². The molecule has 0 saturated carbocycles. The number of amides is 2. The van der Waals surface area contributed by atoms with Crippen LogP contribution in [0.25, 0.3) is 11.0 Å². The molecule has 0 radical (unpaired) electrons. The topological polar surface area (TPSA) is 76.0 Å². The van der Waals surface area contributed by atoms with Crippen LogP contribution in [-0.2, 0) is 16.0 Å². The lowest BCUT2D eigenvalue weighted by Crippen LogP contribution is -2.30. The van der Waals surface area contributed by atoms with E-state index < -0.39 is 6.04 Å². The summed E-state index contributed by atoms with van der Waals surface area (Å²) in [7, 11) is 0. The molecule has 2 amide bonds. The normalized spacial score (nSPS) is 15.8. The number of carbonyl (C=O) groups excluding carboxylic acids is 2. The van der Waals surface area contributed by atoms with Gasteiger partial charge in [0.25, 0.3) is 0 Å². The molecule has 4 rings (SSSR count). The molecular weight excluding hydrogens is 316 g/mol. The van der Waals surface area contributed by atoms with Gasteiger partial charge in [-0.3, -0.25) is 19.5 Å². The summed E-state index contributed by atoms with van der Waals surface area (Å²) in [5, 5.41) is 5.65. The predicted octanol–water partition coefficient (Wildman–Crippen LogP) is 2.28. The van der Waals surface area contributed by atoms with Crippen molar-refractivity contribution in [1.29, 1.82) is 0 Å². The van der Waals surface area contributed by atoms with Gasteiger partial charge in [0.1, 0.15) is 6.04 Å². The number of carbonyl (C=O) groups is 2. The van der Waals surface area contributed by atoms with E-state index in [0.29, 0.717) is 12.5 Å². The number of benzene rings is 2. The number of nitrogens with one attached hydrogen (secondary N) is 2. The lowest BCUT2D eigenvalue weighted by Gasteiger charge is -2.12. The smallest absolute Gasteiger partial charge is 0.250 e. The molecule has 0 fully saturated rings. The van der Waals surface area contributed by atoms with Crippen molar-refractivity contribution < 1.29 is 9.59 Å². The van der Waals surface area contributed by atoms with Crippen LogP contribution >= 0.6 is 0 Å². The zero-order valence-corrected chi connectivity index (χ0v) is 13.6. The van der Waals surface area contributed by atoms with Crippen LogP contribution in [0.15, 0.2) is 54.6 Å². The first-order valence-corrected chi connectivity index (χ1v) is 8.31. The van der Waals surface area contributed by atoms with Gasteiger partial charge < -0.3 is 5.32 Å². The van der Waals surface area contributed by atoms with Crippen LogP contribution in [0.1, 0.15) is 18.0 Å². The number of para-hydroxylation sites is 2. The summed E-state index contributed by atoms with van der Waals surface area (Å²) in [6.07, 6.45) is 0.872. The van der Waals surface area contributed by atoms with Gasteiger partial charge in [0, 0.05) is 6.54 Å². The second-order valence-corrected chi connectivity index (χ2v) is 6.09. The zero-order valence-electron chi connectivity index (χ0n) is 13.6. The van der Waals surface area contributed by atoms with Gasteiger partial charge in [-0.1, -0.05) is 42.5 Å². The summed E-state index contributed by atoms with van der Waals surface area (Å²) in [5.41, 5.74) is 2.84. The fourth-order valence-electron chi connectivity index (χ4n) is 3.18. The van der Waals surface area contributed by atoms with Crippen LogP contribution < -0.4 is 10.6 Å². The van der Waals surface area contributed by atoms with E-state index in [-0.39, 0.29) is 18.2 Å². The van der Waals surface area contributed by atoms with Crippen LogP contribution in [-0.4, -0.2) is 27.9 Å². The van der Waals surface area contributed by atoms with E-state index in [2.05, 4.69) is 15.6 Å². The number of fused-ring (bicyclic) bond motifs is 3. The first-order valence-electron chi connectivity index (χ1n) is 8.31. The molecular formula is C19H18N4O2. The highest BCUT2D eigenvalue weighted by Crippen LogP contribution is 2.31. The molecule has 1 aliphatic rings. The SMILES string of the molecule is O=C(C[C@H]1C(=O)Nc2nc3ccccc3n21)NCCc1ccccc1. The molecule has 3 aromatic rings. The summed E-state index contributed by atoms with van der Waals surface area (Å²) in [6, 6.07) is 17.0. The molecule has 0 aliphatic carbocycles. The van der Waals surface area contributed by atoms with E-state index in [1.165, 1.54) is 5.56 Å². The molecule has 0 spiro atoms. The standard InChI is InChI=1S/C19H18N4O2/c24-17(20-11-10-13-6-2-1-3-7-13)12-16-18(25)22-19-21-14-8-4-5-9-15(14)23(16)19/h1-9,16H,10-12H2,(H,20,24)(H,21,22,25)/t16-/m0/s1. The van der Waals surface area contributed by atoms with E-state index in [4.69, 9.17) is 0 Å². The van der Waals surface area contributed by atoms with Crippen LogP contribution in [0.4, 0.5) is 5.95 Å². The maximum atomic E-state index is 12.3. The average molecular weight is 334 g/mol. The Hall–Kier alpha value is -3.15. The van der Waals surface area contributed by atoms with Crippen molar-refractivity contribution in [2.75, 3.05) is 11.9 Å². The molecule has 1 aromatic heterocycles. The van der Waals surface area contributed by atoms with Crippen LogP contribution in [0.2, 0.25) is 0 Å². The molecule has 25 heavy (non-hydrogen) atoms. The van der Waals surface area contributed by atoms with Crippen molar-refractivity contribution in [3.63, 3.8) is 0 Å². The highest BCUT2D eigenvalue weighted by Gasteiger charge is 2.34. The van der Waals surface area contributed by atoms with E-state index >= 15 is 0 Å². The summed E-state index contributed by atoms with van der Waals surface area (Å²) >= 11 is 0. The minimum absolute atomic E-state index is 0.105. The monoisotopic (exact) mass is 334 g/mol. The molecule has 1 atom stereocenters. The highest BCUT2D eigenvalue weighted by atomic mass is 16.2. The van der Waals surface area contributed by atoms with E-state index in [0.717, 1.165) is 17.5 Å². The summed E-state index contributed by atoms with van der Waals surface area (Å²) in [6.45, 7) is 0.550. The fraction of sp³-hybridized carbons (Fsp3) is 0.211. The number of anilines is 1. The van der Waals surface area contributed by atoms with Gasteiger partial charge in [0.15, 0.2) is 0 Å². The largest absolute Gasteiger partial charge is 0.356 e. The Labute approximate surface area is 144 Å². The number of aromatic nitrogens is 2. The van der Waals surface area contributed by atoms with Crippen molar-refractivity contribution >= 4 is 28.8 Å². The van der Waals surface area contributed by atoms with Crippen LogP contribution in [0.3, 0.4) is 0 Å². The summed E-state index contributed by atoms with van der Waals surface area (Å²) < 4.78 is 1.81. The van der Waals surface area contributed by atoms with Crippen molar-refractivity contribution in [2.45, 2.75) is 18.9 Å². The molecule has 2 N–H and O–H groups in total. The summed E-state index contributed by atoms with van der Waals surface area (Å²) in [5.74, 6) is 0.182. The Morgan fingerprint density at radius 2 is 1.88 bits per heavy atom. The Kier molecular flexibility index (Phi) is 3.93. The van der Waals surface area contributed by atoms with Crippen molar-refractivity contribution in [2.24, 2.45) is 0 Å². The van der Waals surface area contributed by atoms with Gasteiger partial charge in [-0.15, -0.1) is 0 Å². The zero-order chi connectivity index (χ0) is 17.2. The Morgan fingerprint density at radius 1 is 1.12 bits per heavy atom. The Balaban J connectivity index is 1.43. The molecule has 6 heteroatoms. The average Bonchev–Trinajstić information content (AvgIpc) is 3.12. The number of nitrogens with zero attached hydrogens (tertiary/aromatic N) is 2. The van der Waals surface area contributed by atoms with Crippen molar-refractivity contribution in [1.82, 2.24) is 14.9 Å². The highest BCUT2D eigenvalue weighted by molar-refractivity contribution is 6.01. The first-order chi connectivity index (χ1) is 12.2. The van der Waals surface area contributed by atoms with Gasteiger partial charge in [0.2, 0.25) is 17.8 Å². The van der Waals surface area contributed by atoms with E-state index in [9.17, 15) is 9.59 Å². The predicted molar refractivity (Wildman–Crippen MR) is 95.2 cm³/mol. The number of hydrogen-bond donors (Lipinski definition) is 2. The molecule has 0 saturated heterocycles. The van der Waals surface area contributed by atoms with E-state index in [1.807, 2.05) is 59.2 Å². The maximum absolute atomic E-state index is 12.3. The van der Waals surface area contributed by atoms with E-state index in [1.54, 1.807) is 0 Å². The molecule has 2 heterocycles. The number of imidazole rings is 1. The fourth-order valence-corrected chi connectivity index (χ4v) is 3.18. The molecule has 0 bridgehead atoms. The molecule has 126 valence electrons. The molecule has 0 unspecified atom stereocenters. The van der Waals surface area contributed by atoms with Gasteiger partial charge >= 0.3 is 0 Å². The Bertz CT molecular complexity index is 933. The number of rotatable bonds is 5. The Morgan fingerprint density at radius 3 is 2.72 bits per heavy atom. The molecule has 2 aromatic carbocycles. The third-order valence-corrected chi connectivity index (χ3v) is 4.40. The van der Waals surface area contributed by atoms with Gasteiger partial charge in [-0.05, 0) is 24.1 Å². The van der Waals surface area contributed by atoms with Crippen LogP contribution in [0.5, 0.6) is 0 Å². The van der Waals surface area contributed by atoms with Crippen molar-refractivity contribution in [3.8, 4) is 0 Å². The molecule has 6 nitrogen and oxygen atoms in total.